The van der Waals surface area contributed by atoms with E-state index in [0.717, 1.165) is 55.7 Å². The van der Waals surface area contributed by atoms with Gasteiger partial charge in [-0.1, -0.05) is 30.3 Å². The molecule has 2 aliphatic rings. The van der Waals surface area contributed by atoms with Crippen molar-refractivity contribution in [2.45, 2.75) is 37.8 Å². The zero-order valence-corrected chi connectivity index (χ0v) is 18.3. The first kappa shape index (κ1) is 20.6. The summed E-state index contributed by atoms with van der Waals surface area (Å²) in [7, 11) is 2.06. The lowest BCUT2D eigenvalue weighted by molar-refractivity contribution is -0.138. The Hall–Kier alpha value is -3.32. The lowest BCUT2D eigenvalue weighted by Gasteiger charge is -2.39. The smallest absolute Gasteiger partial charge is 0.240 e. The van der Waals surface area contributed by atoms with Gasteiger partial charge in [-0.2, -0.15) is 0 Å². The fourth-order valence-electron chi connectivity index (χ4n) is 4.84. The highest BCUT2D eigenvalue weighted by molar-refractivity contribution is 5.82. The van der Waals surface area contributed by atoms with Crippen LogP contribution in [0, 0.1) is 0 Å². The number of likely N-dealkylation sites (tertiary alicyclic amines) is 1. The average molecular weight is 429 g/mol. The van der Waals surface area contributed by atoms with Crippen molar-refractivity contribution in [3.8, 4) is 11.1 Å². The van der Waals surface area contributed by atoms with Crippen molar-refractivity contribution in [2.24, 2.45) is 0 Å². The predicted molar refractivity (Wildman–Crippen MR) is 124 cm³/mol. The SMILES string of the molecule is CN1Cc2ccccc2C[C@@H]1C(=O)N1CCC(c2ccc(-c3cnc(N)nc3)cn2)CC1. The molecule has 1 saturated heterocycles. The molecule has 7 nitrogen and oxygen atoms in total. The number of hydrogen-bond donors (Lipinski definition) is 1. The number of rotatable bonds is 3. The number of anilines is 1. The molecule has 4 heterocycles. The third-order valence-corrected chi connectivity index (χ3v) is 6.78. The lowest BCUT2D eigenvalue weighted by atomic mass is 9.90. The third-order valence-electron chi connectivity index (χ3n) is 6.78. The van der Waals surface area contributed by atoms with Gasteiger partial charge in [-0.05, 0) is 43.5 Å². The summed E-state index contributed by atoms with van der Waals surface area (Å²) in [6, 6.07) is 12.5. The number of aromatic nitrogens is 3. The minimum Gasteiger partial charge on any atom is -0.368 e. The van der Waals surface area contributed by atoms with E-state index in [4.69, 9.17) is 10.7 Å². The molecule has 0 unspecified atom stereocenters. The van der Waals surface area contributed by atoms with E-state index in [0.29, 0.717) is 5.92 Å². The first-order valence-electron chi connectivity index (χ1n) is 11.2. The average Bonchev–Trinajstić information content (AvgIpc) is 2.84. The van der Waals surface area contributed by atoms with Gasteiger partial charge in [0, 0.05) is 61.0 Å². The molecule has 1 aromatic carbocycles. The molecular formula is C25H28N6O. The summed E-state index contributed by atoms with van der Waals surface area (Å²) in [4.78, 5) is 30.3. The van der Waals surface area contributed by atoms with Crippen LogP contribution in [0.15, 0.2) is 55.0 Å². The van der Waals surface area contributed by atoms with Gasteiger partial charge in [-0.15, -0.1) is 0 Å². The van der Waals surface area contributed by atoms with E-state index >= 15 is 0 Å². The Morgan fingerprint density at radius 3 is 2.31 bits per heavy atom. The molecule has 1 fully saturated rings. The molecule has 2 aromatic heterocycles. The molecule has 164 valence electrons. The number of benzene rings is 1. The van der Waals surface area contributed by atoms with Crippen molar-refractivity contribution in [3.05, 3.63) is 71.8 Å². The van der Waals surface area contributed by atoms with Crippen molar-refractivity contribution in [1.29, 1.82) is 0 Å². The molecule has 1 atom stereocenters. The first-order valence-corrected chi connectivity index (χ1v) is 11.2. The number of carbonyl (C=O) groups is 1. The third kappa shape index (κ3) is 4.08. The van der Waals surface area contributed by atoms with Crippen LogP contribution in [0.4, 0.5) is 5.95 Å². The second kappa shape index (κ2) is 8.67. The van der Waals surface area contributed by atoms with Gasteiger partial charge in [0.05, 0.1) is 6.04 Å². The minimum atomic E-state index is -0.0685. The van der Waals surface area contributed by atoms with Gasteiger partial charge in [0.15, 0.2) is 0 Å². The van der Waals surface area contributed by atoms with Crippen LogP contribution in [0.5, 0.6) is 0 Å². The number of pyridine rings is 1. The van der Waals surface area contributed by atoms with Crippen molar-refractivity contribution >= 4 is 11.9 Å². The first-order chi connectivity index (χ1) is 15.6. The molecular weight excluding hydrogens is 400 g/mol. The van der Waals surface area contributed by atoms with Crippen molar-refractivity contribution in [2.75, 3.05) is 25.9 Å². The molecule has 3 aromatic rings. The molecule has 2 N–H and O–H groups in total. The van der Waals surface area contributed by atoms with Crippen molar-refractivity contribution in [1.82, 2.24) is 24.8 Å². The maximum absolute atomic E-state index is 13.3. The Labute approximate surface area is 188 Å². The maximum atomic E-state index is 13.3. The molecule has 0 radical (unpaired) electrons. The second-order valence-corrected chi connectivity index (χ2v) is 8.80. The molecule has 5 rings (SSSR count). The molecule has 32 heavy (non-hydrogen) atoms. The van der Waals surface area contributed by atoms with Crippen LogP contribution in [-0.2, 0) is 17.8 Å². The fraction of sp³-hybridized carbons (Fsp3) is 0.360. The van der Waals surface area contributed by atoms with E-state index < -0.39 is 0 Å². The van der Waals surface area contributed by atoms with Crippen LogP contribution in [0.25, 0.3) is 11.1 Å². The summed E-state index contributed by atoms with van der Waals surface area (Å²) in [6.45, 7) is 2.40. The van der Waals surface area contributed by atoms with E-state index in [1.165, 1.54) is 11.1 Å². The van der Waals surface area contributed by atoms with Gasteiger partial charge in [0.1, 0.15) is 0 Å². The van der Waals surface area contributed by atoms with Gasteiger partial charge < -0.3 is 10.6 Å². The molecule has 0 bridgehead atoms. The lowest BCUT2D eigenvalue weighted by Crippen LogP contribution is -2.51. The fourth-order valence-corrected chi connectivity index (χ4v) is 4.84. The van der Waals surface area contributed by atoms with Crippen LogP contribution in [0.3, 0.4) is 0 Å². The van der Waals surface area contributed by atoms with E-state index in [-0.39, 0.29) is 17.9 Å². The molecule has 1 amide bonds. The van der Waals surface area contributed by atoms with E-state index in [9.17, 15) is 4.79 Å². The summed E-state index contributed by atoms with van der Waals surface area (Å²) in [6.07, 6.45) is 7.97. The zero-order valence-electron chi connectivity index (χ0n) is 18.3. The summed E-state index contributed by atoms with van der Waals surface area (Å²) in [5.41, 5.74) is 11.2. The van der Waals surface area contributed by atoms with Crippen LogP contribution in [0.1, 0.15) is 35.6 Å². The molecule has 0 spiro atoms. The Morgan fingerprint density at radius 2 is 1.62 bits per heavy atom. The van der Waals surface area contributed by atoms with Gasteiger partial charge >= 0.3 is 0 Å². The van der Waals surface area contributed by atoms with Crippen LogP contribution >= 0.6 is 0 Å². The number of fused-ring (bicyclic) bond motifs is 1. The number of amides is 1. The number of nitrogens with two attached hydrogens (primary N) is 1. The quantitative estimate of drug-likeness (QED) is 0.690. The second-order valence-electron chi connectivity index (χ2n) is 8.80. The summed E-state index contributed by atoms with van der Waals surface area (Å²) >= 11 is 0. The summed E-state index contributed by atoms with van der Waals surface area (Å²) < 4.78 is 0. The van der Waals surface area contributed by atoms with E-state index in [2.05, 4.69) is 58.3 Å². The Morgan fingerprint density at radius 1 is 0.938 bits per heavy atom. The molecule has 2 aliphatic heterocycles. The van der Waals surface area contributed by atoms with Gasteiger partial charge in [0.25, 0.3) is 0 Å². The number of likely N-dealkylation sites (N-methyl/N-ethyl adjacent to an activating group) is 1. The number of nitrogen functional groups attached to an aromatic ring is 1. The minimum absolute atomic E-state index is 0.0685. The van der Waals surface area contributed by atoms with Crippen LogP contribution in [0.2, 0.25) is 0 Å². The predicted octanol–water partition coefficient (Wildman–Crippen LogP) is 2.88. The van der Waals surface area contributed by atoms with Crippen LogP contribution in [-0.4, -0.2) is 56.8 Å². The molecule has 0 aliphatic carbocycles. The normalized spacial score (nSPS) is 19.5. The van der Waals surface area contributed by atoms with E-state index in [1.54, 1.807) is 12.4 Å². The molecule has 7 heteroatoms. The van der Waals surface area contributed by atoms with Crippen molar-refractivity contribution < 1.29 is 4.79 Å². The Kier molecular flexibility index (Phi) is 5.57. The van der Waals surface area contributed by atoms with Crippen LogP contribution < -0.4 is 5.73 Å². The zero-order chi connectivity index (χ0) is 22.1. The highest BCUT2D eigenvalue weighted by Gasteiger charge is 2.34. The number of carbonyl (C=O) groups excluding carboxylic acids is 1. The van der Waals surface area contributed by atoms with Crippen molar-refractivity contribution in [3.63, 3.8) is 0 Å². The number of hydrogen-bond acceptors (Lipinski definition) is 6. The Balaban J connectivity index is 1.21. The highest BCUT2D eigenvalue weighted by atomic mass is 16.2. The number of nitrogens with zero attached hydrogens (tertiary/aromatic N) is 5. The van der Waals surface area contributed by atoms with Gasteiger partial charge in [-0.25, -0.2) is 9.97 Å². The highest BCUT2D eigenvalue weighted by Crippen LogP contribution is 2.30. The number of piperidine rings is 1. The largest absolute Gasteiger partial charge is 0.368 e. The monoisotopic (exact) mass is 428 g/mol. The topological polar surface area (TPSA) is 88.2 Å². The van der Waals surface area contributed by atoms with Gasteiger partial charge in [-0.3, -0.25) is 14.7 Å². The standard InChI is InChI=1S/C25H28N6O/c1-30-16-20-5-3-2-4-18(20)12-23(30)24(32)31-10-8-17(9-11-31)22-7-6-19(13-27-22)21-14-28-25(26)29-15-21/h2-7,13-15,17,23H,8-12,16H2,1H3,(H2,26,28,29)/t23-/m1/s1. The van der Waals surface area contributed by atoms with E-state index in [1.807, 2.05) is 11.1 Å². The maximum Gasteiger partial charge on any atom is 0.240 e. The molecule has 0 saturated carbocycles. The summed E-state index contributed by atoms with van der Waals surface area (Å²) in [5.74, 6) is 0.899. The Bertz CT molecular complexity index is 1090. The van der Waals surface area contributed by atoms with Gasteiger partial charge in [0.2, 0.25) is 11.9 Å². The summed E-state index contributed by atoms with van der Waals surface area (Å²) in [5, 5.41) is 0.